The third-order valence-corrected chi connectivity index (χ3v) is 4.25. The van der Waals surface area contributed by atoms with Crippen LogP contribution in [-0.4, -0.2) is 21.8 Å². The summed E-state index contributed by atoms with van der Waals surface area (Å²) < 4.78 is 0. The number of aliphatic hydroxyl groups is 1. The van der Waals surface area contributed by atoms with Crippen LogP contribution in [-0.2, 0) is 9.59 Å². The van der Waals surface area contributed by atoms with E-state index in [2.05, 4.69) is 4.98 Å². The number of Topliss-reactive ketones (excluding diaryl/α,β-unsaturated/α-hetero) is 1. The maximum atomic E-state index is 12.8. The molecule has 1 aliphatic heterocycles. The summed E-state index contributed by atoms with van der Waals surface area (Å²) in [5, 5.41) is 10.4. The second-order valence-electron chi connectivity index (χ2n) is 6.45. The molecule has 2 heterocycles. The number of amides is 1. The first-order chi connectivity index (χ1) is 11.9. The number of aryl methyl sites for hydroxylation is 1. The van der Waals surface area contributed by atoms with Gasteiger partial charge in [-0.05, 0) is 36.8 Å². The van der Waals surface area contributed by atoms with E-state index in [1.54, 1.807) is 44.3 Å². The zero-order chi connectivity index (χ0) is 18.1. The number of rotatable bonds is 4. The summed E-state index contributed by atoms with van der Waals surface area (Å²) in [4.78, 5) is 31.3. The van der Waals surface area contributed by atoms with E-state index >= 15 is 0 Å². The summed E-state index contributed by atoms with van der Waals surface area (Å²) in [5.41, 5.74) is 2.26. The van der Waals surface area contributed by atoms with E-state index < -0.39 is 17.7 Å². The molecule has 3 rings (SSSR count). The third kappa shape index (κ3) is 2.93. The number of ketones is 1. The SMILES string of the molecule is Cc1cccc(N2C(=O)C(O)=C(C(=O)C(C)C)C2c2ccccn2)c1. The highest BCUT2D eigenvalue weighted by Gasteiger charge is 2.45. The Kier molecular flexibility index (Phi) is 4.40. The van der Waals surface area contributed by atoms with Crippen molar-refractivity contribution in [2.45, 2.75) is 26.8 Å². The van der Waals surface area contributed by atoms with Crippen molar-refractivity contribution < 1.29 is 14.7 Å². The van der Waals surface area contributed by atoms with Gasteiger partial charge in [-0.25, -0.2) is 0 Å². The van der Waals surface area contributed by atoms with Crippen molar-refractivity contribution in [3.8, 4) is 0 Å². The molecule has 5 nitrogen and oxygen atoms in total. The number of carbonyl (C=O) groups is 2. The summed E-state index contributed by atoms with van der Waals surface area (Å²) in [6.07, 6.45) is 1.61. The molecule has 1 N–H and O–H groups in total. The molecular formula is C20H20N2O3. The van der Waals surface area contributed by atoms with Gasteiger partial charge in [0.05, 0.1) is 11.3 Å². The van der Waals surface area contributed by atoms with Crippen molar-refractivity contribution >= 4 is 17.4 Å². The van der Waals surface area contributed by atoms with Crippen molar-refractivity contribution in [2.24, 2.45) is 5.92 Å². The highest BCUT2D eigenvalue weighted by atomic mass is 16.3. The number of nitrogens with zero attached hydrogens (tertiary/aromatic N) is 2. The first-order valence-electron chi connectivity index (χ1n) is 8.20. The Hall–Kier alpha value is -2.95. The van der Waals surface area contributed by atoms with Gasteiger partial charge in [-0.3, -0.25) is 19.5 Å². The van der Waals surface area contributed by atoms with Crippen LogP contribution in [0.25, 0.3) is 0 Å². The highest BCUT2D eigenvalue weighted by molar-refractivity contribution is 6.16. The molecule has 1 atom stereocenters. The van der Waals surface area contributed by atoms with Crippen LogP contribution in [0.15, 0.2) is 60.0 Å². The van der Waals surface area contributed by atoms with Gasteiger partial charge in [0, 0.05) is 17.8 Å². The zero-order valence-corrected chi connectivity index (χ0v) is 14.4. The average Bonchev–Trinajstić information content (AvgIpc) is 2.86. The van der Waals surface area contributed by atoms with Crippen LogP contribution in [0.3, 0.4) is 0 Å². The lowest BCUT2D eigenvalue weighted by molar-refractivity contribution is -0.119. The summed E-state index contributed by atoms with van der Waals surface area (Å²) in [5.74, 6) is -1.66. The minimum atomic E-state index is -0.731. The van der Waals surface area contributed by atoms with Crippen LogP contribution in [0, 0.1) is 12.8 Å². The zero-order valence-electron chi connectivity index (χ0n) is 14.4. The van der Waals surface area contributed by atoms with E-state index in [0.717, 1.165) is 5.56 Å². The molecule has 0 radical (unpaired) electrons. The molecule has 0 saturated heterocycles. The number of aliphatic hydroxyl groups excluding tert-OH is 1. The van der Waals surface area contributed by atoms with Crippen molar-refractivity contribution in [1.82, 2.24) is 4.98 Å². The smallest absolute Gasteiger partial charge is 0.294 e. The lowest BCUT2D eigenvalue weighted by atomic mass is 9.93. The molecule has 0 bridgehead atoms. The maximum Gasteiger partial charge on any atom is 0.294 e. The van der Waals surface area contributed by atoms with Crippen molar-refractivity contribution in [3.63, 3.8) is 0 Å². The lowest BCUT2D eigenvalue weighted by Crippen LogP contribution is -2.32. The van der Waals surface area contributed by atoms with E-state index in [1.807, 2.05) is 25.1 Å². The van der Waals surface area contributed by atoms with Gasteiger partial charge < -0.3 is 5.11 Å². The lowest BCUT2D eigenvalue weighted by Gasteiger charge is -2.26. The van der Waals surface area contributed by atoms with Gasteiger partial charge >= 0.3 is 0 Å². The number of hydrogen-bond donors (Lipinski definition) is 1. The number of anilines is 1. The fourth-order valence-electron chi connectivity index (χ4n) is 3.03. The molecule has 2 aromatic rings. The van der Waals surface area contributed by atoms with E-state index in [0.29, 0.717) is 11.4 Å². The van der Waals surface area contributed by atoms with Crippen molar-refractivity contribution in [3.05, 3.63) is 71.3 Å². The maximum absolute atomic E-state index is 12.8. The predicted octanol–water partition coefficient (Wildman–Crippen LogP) is 3.52. The molecule has 128 valence electrons. The largest absolute Gasteiger partial charge is 0.503 e. The predicted molar refractivity (Wildman–Crippen MR) is 95.1 cm³/mol. The van der Waals surface area contributed by atoms with Gasteiger partial charge in [-0.2, -0.15) is 0 Å². The van der Waals surface area contributed by atoms with Crippen LogP contribution < -0.4 is 4.90 Å². The van der Waals surface area contributed by atoms with E-state index in [9.17, 15) is 14.7 Å². The number of benzene rings is 1. The van der Waals surface area contributed by atoms with Crippen molar-refractivity contribution in [2.75, 3.05) is 4.90 Å². The molecular weight excluding hydrogens is 316 g/mol. The van der Waals surface area contributed by atoms with Crippen LogP contribution in [0.1, 0.15) is 31.1 Å². The molecule has 0 fully saturated rings. The molecule has 25 heavy (non-hydrogen) atoms. The Balaban J connectivity index is 2.19. The average molecular weight is 336 g/mol. The number of aromatic nitrogens is 1. The minimum Gasteiger partial charge on any atom is -0.503 e. The number of carbonyl (C=O) groups excluding carboxylic acids is 2. The second-order valence-corrected chi connectivity index (χ2v) is 6.45. The molecule has 1 aromatic heterocycles. The molecule has 0 spiro atoms. The standard InChI is InChI=1S/C20H20N2O3/c1-12(2)18(23)16-17(15-9-4-5-10-21-15)22(20(25)19(16)24)14-8-6-7-13(3)11-14/h4-12,17,24H,1-3H3. The highest BCUT2D eigenvalue weighted by Crippen LogP contribution is 2.41. The molecule has 1 amide bonds. The monoisotopic (exact) mass is 336 g/mol. The molecule has 5 heteroatoms. The van der Waals surface area contributed by atoms with Crippen LogP contribution in [0.5, 0.6) is 0 Å². The topological polar surface area (TPSA) is 70.5 Å². The van der Waals surface area contributed by atoms with E-state index in [-0.39, 0.29) is 17.3 Å². The van der Waals surface area contributed by atoms with E-state index in [1.165, 1.54) is 4.90 Å². The summed E-state index contributed by atoms with van der Waals surface area (Å²) in [6, 6.07) is 12.0. The molecule has 1 aliphatic rings. The number of pyridine rings is 1. The summed E-state index contributed by atoms with van der Waals surface area (Å²) in [7, 11) is 0. The Morgan fingerprint density at radius 1 is 1.20 bits per heavy atom. The van der Waals surface area contributed by atoms with Gasteiger partial charge in [0.2, 0.25) is 0 Å². The number of hydrogen-bond acceptors (Lipinski definition) is 4. The second kappa shape index (κ2) is 6.51. The quantitative estimate of drug-likeness (QED) is 0.927. The van der Waals surface area contributed by atoms with Gasteiger partial charge in [-0.15, -0.1) is 0 Å². The molecule has 1 unspecified atom stereocenters. The first-order valence-corrected chi connectivity index (χ1v) is 8.20. The fraction of sp³-hybridized carbons (Fsp3) is 0.250. The minimum absolute atomic E-state index is 0.111. The Bertz CT molecular complexity index is 856. The van der Waals surface area contributed by atoms with Gasteiger partial charge in [-0.1, -0.05) is 32.0 Å². The van der Waals surface area contributed by atoms with Crippen molar-refractivity contribution in [1.29, 1.82) is 0 Å². The molecule has 0 aliphatic carbocycles. The normalized spacial score (nSPS) is 17.5. The Labute approximate surface area is 146 Å². The summed E-state index contributed by atoms with van der Waals surface area (Å²) in [6.45, 7) is 5.42. The van der Waals surface area contributed by atoms with Gasteiger partial charge in [0.25, 0.3) is 5.91 Å². The molecule has 1 aromatic carbocycles. The molecule has 0 saturated carbocycles. The Morgan fingerprint density at radius 2 is 1.96 bits per heavy atom. The third-order valence-electron chi connectivity index (χ3n) is 4.25. The summed E-state index contributed by atoms with van der Waals surface area (Å²) >= 11 is 0. The van der Waals surface area contributed by atoms with Gasteiger partial charge in [0.15, 0.2) is 11.5 Å². The fourth-order valence-corrected chi connectivity index (χ4v) is 3.03. The first kappa shape index (κ1) is 16.9. The van der Waals surface area contributed by atoms with Crippen LogP contribution in [0.4, 0.5) is 5.69 Å². The van der Waals surface area contributed by atoms with Crippen LogP contribution >= 0.6 is 0 Å². The Morgan fingerprint density at radius 3 is 2.56 bits per heavy atom. The van der Waals surface area contributed by atoms with Gasteiger partial charge in [0.1, 0.15) is 6.04 Å². The van der Waals surface area contributed by atoms with E-state index in [4.69, 9.17) is 0 Å². The van der Waals surface area contributed by atoms with Crippen LogP contribution in [0.2, 0.25) is 0 Å².